The molecule has 3 aliphatic rings. The Morgan fingerprint density at radius 3 is 2.78 bits per heavy atom. The molecular formula is C23H36N4O5. The van der Waals surface area contributed by atoms with Gasteiger partial charge in [-0.3, -0.25) is 9.59 Å². The summed E-state index contributed by atoms with van der Waals surface area (Å²) in [4.78, 5) is 31.8. The largest absolute Gasteiger partial charge is 0.389 e. The molecule has 0 unspecified atom stereocenters. The topological polar surface area (TPSA) is 106 Å². The van der Waals surface area contributed by atoms with Crippen LogP contribution in [0.4, 0.5) is 0 Å². The van der Waals surface area contributed by atoms with Gasteiger partial charge in [-0.25, -0.2) is 4.98 Å². The van der Waals surface area contributed by atoms with Crippen LogP contribution in [0, 0.1) is 5.92 Å². The first-order chi connectivity index (χ1) is 15.5. The minimum absolute atomic E-state index is 0.0366. The molecule has 4 atom stereocenters. The number of nitrogens with zero attached hydrogens (tertiary/aromatic N) is 3. The molecule has 2 saturated heterocycles. The van der Waals surface area contributed by atoms with Crippen molar-refractivity contribution in [1.82, 2.24) is 19.8 Å². The van der Waals surface area contributed by atoms with E-state index in [9.17, 15) is 14.7 Å². The molecule has 2 amide bonds. The van der Waals surface area contributed by atoms with Crippen LogP contribution in [0.25, 0.3) is 0 Å². The van der Waals surface area contributed by atoms with E-state index in [4.69, 9.17) is 9.47 Å². The normalized spacial score (nSPS) is 29.2. The van der Waals surface area contributed by atoms with Gasteiger partial charge in [-0.2, -0.15) is 0 Å². The van der Waals surface area contributed by atoms with E-state index in [0.29, 0.717) is 39.0 Å². The summed E-state index contributed by atoms with van der Waals surface area (Å²) in [7, 11) is 1.92. The Labute approximate surface area is 189 Å². The summed E-state index contributed by atoms with van der Waals surface area (Å²) in [5.41, 5.74) is 0.949. The smallest absolute Gasteiger partial charge is 0.226 e. The first-order valence-electron chi connectivity index (χ1n) is 11.9. The van der Waals surface area contributed by atoms with E-state index in [1.54, 1.807) is 6.33 Å². The van der Waals surface area contributed by atoms with Crippen molar-refractivity contribution >= 4 is 11.8 Å². The average molecular weight is 449 g/mol. The number of amides is 2. The number of aromatic nitrogens is 2. The van der Waals surface area contributed by atoms with Gasteiger partial charge in [-0.05, 0) is 25.7 Å². The lowest BCUT2D eigenvalue weighted by atomic mass is 9.93. The molecule has 3 fully saturated rings. The molecule has 2 N–H and O–H groups in total. The van der Waals surface area contributed by atoms with Crippen LogP contribution in [0.1, 0.15) is 50.6 Å². The maximum absolute atomic E-state index is 13.2. The molecule has 0 bridgehead atoms. The molecule has 0 radical (unpaired) electrons. The van der Waals surface area contributed by atoms with Crippen molar-refractivity contribution < 1.29 is 24.2 Å². The maximum Gasteiger partial charge on any atom is 0.226 e. The number of rotatable bonds is 6. The van der Waals surface area contributed by atoms with E-state index in [-0.39, 0.29) is 42.6 Å². The minimum atomic E-state index is -0.677. The van der Waals surface area contributed by atoms with Crippen LogP contribution in [-0.4, -0.2) is 82.0 Å². The zero-order valence-corrected chi connectivity index (χ0v) is 18.9. The molecule has 9 heteroatoms. The summed E-state index contributed by atoms with van der Waals surface area (Å²) in [6.45, 7) is 1.35. The predicted molar refractivity (Wildman–Crippen MR) is 117 cm³/mol. The van der Waals surface area contributed by atoms with Crippen molar-refractivity contribution in [2.75, 3.05) is 26.3 Å². The molecule has 1 aliphatic carbocycles. The molecule has 1 aromatic rings. The number of fused-ring (bicyclic) bond motifs is 1. The van der Waals surface area contributed by atoms with Crippen LogP contribution >= 0.6 is 0 Å². The molecular weight excluding hydrogens is 412 g/mol. The molecule has 2 aliphatic heterocycles. The predicted octanol–water partition coefficient (Wildman–Crippen LogP) is 0.795. The number of aryl methyl sites for hydroxylation is 1. The Bertz CT molecular complexity index is 778. The van der Waals surface area contributed by atoms with E-state index in [2.05, 4.69) is 10.3 Å². The average Bonchev–Trinajstić information content (AvgIpc) is 3.43. The zero-order valence-electron chi connectivity index (χ0n) is 18.9. The summed E-state index contributed by atoms with van der Waals surface area (Å²) in [6, 6.07) is -0.110. The lowest BCUT2D eigenvalue weighted by molar-refractivity contribution is -0.171. The fourth-order valence-electron chi connectivity index (χ4n) is 5.21. The van der Waals surface area contributed by atoms with Crippen LogP contribution in [0.15, 0.2) is 12.5 Å². The number of aliphatic hydroxyl groups is 1. The first-order valence-corrected chi connectivity index (χ1v) is 11.9. The minimum Gasteiger partial charge on any atom is -0.389 e. The molecule has 9 nitrogen and oxygen atoms in total. The second-order valence-electron chi connectivity index (χ2n) is 9.44. The van der Waals surface area contributed by atoms with Gasteiger partial charge in [-0.1, -0.05) is 12.8 Å². The first kappa shape index (κ1) is 23.2. The summed E-state index contributed by atoms with van der Waals surface area (Å²) in [5.74, 6) is 0.170. The van der Waals surface area contributed by atoms with Crippen molar-refractivity contribution in [3.63, 3.8) is 0 Å². The van der Waals surface area contributed by atoms with Crippen LogP contribution in [0.5, 0.6) is 0 Å². The Hall–Kier alpha value is -1.97. The van der Waals surface area contributed by atoms with Gasteiger partial charge in [-0.15, -0.1) is 0 Å². The van der Waals surface area contributed by atoms with Crippen LogP contribution < -0.4 is 5.32 Å². The van der Waals surface area contributed by atoms with Crippen LogP contribution in [0.2, 0.25) is 0 Å². The molecule has 178 valence electrons. The van der Waals surface area contributed by atoms with Crippen molar-refractivity contribution in [2.24, 2.45) is 13.0 Å². The Kier molecular flexibility index (Phi) is 7.80. The summed E-state index contributed by atoms with van der Waals surface area (Å²) in [5, 5.41) is 13.2. The molecule has 1 saturated carbocycles. The highest BCUT2D eigenvalue weighted by atomic mass is 16.5. The van der Waals surface area contributed by atoms with E-state index < -0.39 is 6.10 Å². The third kappa shape index (κ3) is 5.88. The zero-order chi connectivity index (χ0) is 22.5. The number of aliphatic hydroxyl groups excluding tert-OH is 1. The van der Waals surface area contributed by atoms with Crippen molar-refractivity contribution in [1.29, 1.82) is 0 Å². The second kappa shape index (κ2) is 10.8. The standard InChI is InChI=1S/C23H36N4O5/c1-26-11-17(25-15-26)8-9-24-22(29)10-19-6-7-20-21(32-19)14-31-13-18(28)12-27(20)23(30)16-4-2-3-5-16/h11,15-16,18-21,28H,2-10,12-14H2,1H3,(H,24,29)/t18-,19-,20+,21-/m0/s1. The highest BCUT2D eigenvalue weighted by Gasteiger charge is 2.41. The van der Waals surface area contributed by atoms with Crippen molar-refractivity contribution in [2.45, 2.75) is 75.7 Å². The fourth-order valence-corrected chi connectivity index (χ4v) is 5.21. The Morgan fingerprint density at radius 1 is 1.22 bits per heavy atom. The quantitative estimate of drug-likeness (QED) is 0.667. The number of carbonyl (C=O) groups is 2. The molecule has 32 heavy (non-hydrogen) atoms. The van der Waals surface area contributed by atoms with E-state index >= 15 is 0 Å². The molecule has 3 heterocycles. The number of hydrogen-bond acceptors (Lipinski definition) is 6. The molecule has 4 rings (SSSR count). The maximum atomic E-state index is 13.2. The number of ether oxygens (including phenoxy) is 2. The Balaban J connectivity index is 1.30. The van der Waals surface area contributed by atoms with Gasteiger partial charge in [0.1, 0.15) is 6.10 Å². The van der Waals surface area contributed by atoms with E-state index in [1.165, 1.54) is 0 Å². The van der Waals surface area contributed by atoms with Crippen LogP contribution in [0.3, 0.4) is 0 Å². The lowest BCUT2D eigenvalue weighted by Crippen LogP contribution is -2.58. The van der Waals surface area contributed by atoms with Gasteiger partial charge in [0.2, 0.25) is 11.8 Å². The van der Waals surface area contributed by atoms with Crippen molar-refractivity contribution in [3.05, 3.63) is 18.2 Å². The Morgan fingerprint density at radius 2 is 2.03 bits per heavy atom. The van der Waals surface area contributed by atoms with Crippen molar-refractivity contribution in [3.8, 4) is 0 Å². The van der Waals surface area contributed by atoms with Gasteiger partial charge < -0.3 is 29.4 Å². The van der Waals surface area contributed by atoms with Crippen LogP contribution in [-0.2, 0) is 32.5 Å². The highest BCUT2D eigenvalue weighted by Crippen LogP contribution is 2.32. The summed E-state index contributed by atoms with van der Waals surface area (Å²) >= 11 is 0. The molecule has 0 spiro atoms. The van der Waals surface area contributed by atoms with E-state index in [0.717, 1.165) is 37.8 Å². The number of β-amino-alcohol motifs (C(OH)–C–C–N with tert-alkyl or cyclic N) is 1. The summed E-state index contributed by atoms with van der Waals surface area (Å²) < 4.78 is 13.8. The van der Waals surface area contributed by atoms with Gasteiger partial charge >= 0.3 is 0 Å². The molecule has 0 aromatic carbocycles. The van der Waals surface area contributed by atoms with E-state index in [1.807, 2.05) is 22.7 Å². The second-order valence-corrected chi connectivity index (χ2v) is 9.44. The van der Waals surface area contributed by atoms with Gasteiger partial charge in [0, 0.05) is 38.7 Å². The fraction of sp³-hybridized carbons (Fsp3) is 0.783. The third-order valence-corrected chi connectivity index (χ3v) is 6.84. The number of imidazole rings is 1. The monoisotopic (exact) mass is 448 g/mol. The SMILES string of the molecule is Cn1cnc(CCNC(=O)C[C@@H]2CC[C@@H]3[C@H](COC[C@@H](O)CN3C(=O)C3CCCC3)O2)c1. The van der Waals surface area contributed by atoms with Gasteiger partial charge in [0.25, 0.3) is 0 Å². The lowest BCUT2D eigenvalue weighted by Gasteiger charge is -2.45. The highest BCUT2D eigenvalue weighted by molar-refractivity contribution is 5.79. The van der Waals surface area contributed by atoms with Gasteiger partial charge in [0.05, 0.1) is 49.9 Å². The number of hydrogen-bond donors (Lipinski definition) is 2. The number of nitrogens with one attached hydrogen (secondary N) is 1. The molecule has 1 aromatic heterocycles. The third-order valence-electron chi connectivity index (χ3n) is 6.84. The number of carbonyl (C=O) groups excluding carboxylic acids is 2. The summed E-state index contributed by atoms with van der Waals surface area (Å²) in [6.07, 6.45) is 9.06. The van der Waals surface area contributed by atoms with Gasteiger partial charge in [0.15, 0.2) is 0 Å².